The van der Waals surface area contributed by atoms with Gasteiger partial charge >= 0.3 is 0 Å². The molecule has 0 fully saturated rings. The average Bonchev–Trinajstić information content (AvgIpc) is 2.69. The van der Waals surface area contributed by atoms with Crippen LogP contribution in [-0.2, 0) is 11.3 Å². The first kappa shape index (κ1) is 15.8. The first-order valence-corrected chi connectivity index (χ1v) is 6.73. The molecule has 4 nitrogen and oxygen atoms in total. The van der Waals surface area contributed by atoms with Gasteiger partial charge in [-0.25, -0.2) is 0 Å². The lowest BCUT2D eigenvalue weighted by Gasteiger charge is -2.27. The summed E-state index contributed by atoms with van der Waals surface area (Å²) in [5.41, 5.74) is 5.84. The molecular formula is C15H26N2O2. The van der Waals surface area contributed by atoms with E-state index in [0.717, 1.165) is 17.9 Å². The topological polar surface area (TPSA) is 59.5 Å². The lowest BCUT2D eigenvalue weighted by Crippen LogP contribution is -2.38. The third-order valence-electron chi connectivity index (χ3n) is 3.06. The number of amides is 1. The van der Waals surface area contributed by atoms with Gasteiger partial charge in [0.05, 0.1) is 12.5 Å². The van der Waals surface area contributed by atoms with Crippen molar-refractivity contribution in [1.29, 1.82) is 0 Å². The highest BCUT2D eigenvalue weighted by atomic mass is 16.3. The van der Waals surface area contributed by atoms with Crippen molar-refractivity contribution in [3.63, 3.8) is 0 Å². The molecule has 0 aliphatic rings. The van der Waals surface area contributed by atoms with Gasteiger partial charge in [-0.3, -0.25) is 4.79 Å². The Bertz CT molecular complexity index is 418. The number of hydrogen-bond acceptors (Lipinski definition) is 3. The van der Waals surface area contributed by atoms with Crippen LogP contribution in [-0.4, -0.2) is 24.4 Å². The van der Waals surface area contributed by atoms with Crippen LogP contribution in [0.3, 0.4) is 0 Å². The number of furan rings is 1. The van der Waals surface area contributed by atoms with Crippen molar-refractivity contribution in [2.24, 2.45) is 17.1 Å². The van der Waals surface area contributed by atoms with Crippen molar-refractivity contribution >= 4 is 5.91 Å². The summed E-state index contributed by atoms with van der Waals surface area (Å²) in [7, 11) is 1.80. The summed E-state index contributed by atoms with van der Waals surface area (Å²) in [5.74, 6) is 1.63. The predicted octanol–water partition coefficient (Wildman–Crippen LogP) is 2.56. The standard InChI is InChI=1S/C15H26N2O2/c1-11-6-7-13(19-11)10-17(5)14(18)12(9-16)8-15(2,3)4/h6-7,12H,8-10,16H2,1-5H3. The molecule has 108 valence electrons. The summed E-state index contributed by atoms with van der Waals surface area (Å²) in [4.78, 5) is 14.1. The molecule has 4 heteroatoms. The third kappa shape index (κ3) is 5.07. The minimum absolute atomic E-state index is 0.0893. The van der Waals surface area contributed by atoms with E-state index >= 15 is 0 Å². The molecule has 1 unspecified atom stereocenters. The van der Waals surface area contributed by atoms with E-state index in [4.69, 9.17) is 10.2 Å². The van der Waals surface area contributed by atoms with Crippen molar-refractivity contribution in [2.75, 3.05) is 13.6 Å². The number of carbonyl (C=O) groups excluding carboxylic acids is 1. The van der Waals surface area contributed by atoms with Gasteiger partial charge in [0.25, 0.3) is 0 Å². The van der Waals surface area contributed by atoms with Crippen molar-refractivity contribution in [3.8, 4) is 0 Å². The normalized spacial score (nSPS) is 13.4. The molecule has 19 heavy (non-hydrogen) atoms. The zero-order valence-electron chi connectivity index (χ0n) is 12.7. The van der Waals surface area contributed by atoms with Crippen LogP contribution in [0.15, 0.2) is 16.5 Å². The van der Waals surface area contributed by atoms with Crippen LogP contribution in [0.5, 0.6) is 0 Å². The van der Waals surface area contributed by atoms with E-state index in [1.807, 2.05) is 19.1 Å². The molecule has 0 radical (unpaired) electrons. The Hall–Kier alpha value is -1.29. The van der Waals surface area contributed by atoms with E-state index in [2.05, 4.69) is 20.8 Å². The molecule has 0 aromatic carbocycles. The monoisotopic (exact) mass is 266 g/mol. The zero-order chi connectivity index (χ0) is 14.6. The van der Waals surface area contributed by atoms with Crippen molar-refractivity contribution in [1.82, 2.24) is 4.90 Å². The zero-order valence-corrected chi connectivity index (χ0v) is 12.7. The highest BCUT2D eigenvalue weighted by molar-refractivity contribution is 5.78. The molecule has 1 heterocycles. The second-order valence-electron chi connectivity index (χ2n) is 6.40. The van der Waals surface area contributed by atoms with Gasteiger partial charge in [-0.2, -0.15) is 0 Å². The Balaban J connectivity index is 2.64. The summed E-state index contributed by atoms with van der Waals surface area (Å²) in [6.07, 6.45) is 0.795. The SMILES string of the molecule is Cc1ccc(CN(C)C(=O)C(CN)CC(C)(C)C)o1. The Kier molecular flexibility index (Phi) is 5.18. The van der Waals surface area contributed by atoms with E-state index in [1.54, 1.807) is 11.9 Å². The molecule has 2 N–H and O–H groups in total. The first-order chi connectivity index (χ1) is 8.73. The number of carbonyl (C=O) groups is 1. The van der Waals surface area contributed by atoms with Crippen molar-refractivity contribution < 1.29 is 9.21 Å². The Morgan fingerprint density at radius 1 is 1.42 bits per heavy atom. The average molecular weight is 266 g/mol. The summed E-state index contributed by atoms with van der Waals surface area (Å²) < 4.78 is 5.49. The molecule has 0 aliphatic carbocycles. The van der Waals surface area contributed by atoms with Gasteiger partial charge in [0, 0.05) is 13.6 Å². The molecule has 1 atom stereocenters. The van der Waals surface area contributed by atoms with E-state index in [-0.39, 0.29) is 17.2 Å². The molecule has 0 aliphatic heterocycles. The van der Waals surface area contributed by atoms with Crippen molar-refractivity contribution in [3.05, 3.63) is 23.7 Å². The smallest absolute Gasteiger partial charge is 0.227 e. The summed E-state index contributed by atoms with van der Waals surface area (Å²) in [6.45, 7) is 9.15. The second kappa shape index (κ2) is 6.24. The lowest BCUT2D eigenvalue weighted by atomic mass is 9.84. The third-order valence-corrected chi connectivity index (χ3v) is 3.06. The van der Waals surface area contributed by atoms with Gasteiger partial charge in [0.1, 0.15) is 11.5 Å². The van der Waals surface area contributed by atoms with Crippen LogP contribution in [0.1, 0.15) is 38.7 Å². The van der Waals surface area contributed by atoms with E-state index in [1.165, 1.54) is 0 Å². The molecule has 0 saturated heterocycles. The second-order valence-corrected chi connectivity index (χ2v) is 6.40. The van der Waals surface area contributed by atoms with Gasteiger partial charge in [-0.05, 0) is 30.9 Å². The molecule has 1 rings (SSSR count). The Labute approximate surface area is 116 Å². The molecule has 1 amide bonds. The lowest BCUT2D eigenvalue weighted by molar-refractivity contribution is -0.135. The highest BCUT2D eigenvalue weighted by Gasteiger charge is 2.26. The van der Waals surface area contributed by atoms with Gasteiger partial charge in [-0.1, -0.05) is 20.8 Å². The quantitative estimate of drug-likeness (QED) is 0.891. The van der Waals surface area contributed by atoms with E-state index in [9.17, 15) is 4.79 Å². The molecule has 0 saturated carbocycles. The minimum atomic E-state index is -0.124. The predicted molar refractivity (Wildman–Crippen MR) is 76.5 cm³/mol. The maximum absolute atomic E-state index is 12.4. The van der Waals surface area contributed by atoms with Gasteiger partial charge in [0.15, 0.2) is 0 Å². The Morgan fingerprint density at radius 2 is 2.05 bits per heavy atom. The van der Waals surface area contributed by atoms with Gasteiger partial charge < -0.3 is 15.1 Å². The number of aryl methyl sites for hydroxylation is 1. The summed E-state index contributed by atoms with van der Waals surface area (Å²) in [6, 6.07) is 3.81. The summed E-state index contributed by atoms with van der Waals surface area (Å²) in [5, 5.41) is 0. The van der Waals surface area contributed by atoms with Crippen LogP contribution in [0.4, 0.5) is 0 Å². The fourth-order valence-corrected chi connectivity index (χ4v) is 2.20. The maximum atomic E-state index is 12.4. The fraction of sp³-hybridized carbons (Fsp3) is 0.667. The van der Waals surface area contributed by atoms with Crippen LogP contribution < -0.4 is 5.73 Å². The van der Waals surface area contributed by atoms with E-state index in [0.29, 0.717) is 13.1 Å². The van der Waals surface area contributed by atoms with E-state index < -0.39 is 0 Å². The van der Waals surface area contributed by atoms with Crippen LogP contribution in [0.2, 0.25) is 0 Å². The fourth-order valence-electron chi connectivity index (χ4n) is 2.20. The van der Waals surface area contributed by atoms with Crippen LogP contribution >= 0.6 is 0 Å². The molecule has 1 aromatic heterocycles. The number of nitrogens with zero attached hydrogens (tertiary/aromatic N) is 1. The number of rotatable bonds is 5. The largest absolute Gasteiger partial charge is 0.464 e. The molecule has 0 spiro atoms. The van der Waals surface area contributed by atoms with Crippen LogP contribution in [0, 0.1) is 18.3 Å². The highest BCUT2D eigenvalue weighted by Crippen LogP contribution is 2.25. The Morgan fingerprint density at radius 3 is 2.47 bits per heavy atom. The van der Waals surface area contributed by atoms with Crippen LogP contribution in [0.25, 0.3) is 0 Å². The summed E-state index contributed by atoms with van der Waals surface area (Å²) >= 11 is 0. The molecular weight excluding hydrogens is 240 g/mol. The number of hydrogen-bond donors (Lipinski definition) is 1. The minimum Gasteiger partial charge on any atom is -0.464 e. The molecule has 1 aromatic rings. The van der Waals surface area contributed by atoms with Gasteiger partial charge in [0.2, 0.25) is 5.91 Å². The first-order valence-electron chi connectivity index (χ1n) is 6.73. The number of nitrogens with two attached hydrogens (primary N) is 1. The van der Waals surface area contributed by atoms with Gasteiger partial charge in [-0.15, -0.1) is 0 Å². The molecule has 0 bridgehead atoms. The van der Waals surface area contributed by atoms with Crippen molar-refractivity contribution in [2.45, 2.75) is 40.7 Å². The maximum Gasteiger partial charge on any atom is 0.227 e.